The maximum Gasteiger partial charge on any atom is 0.311 e. The van der Waals surface area contributed by atoms with Crippen molar-refractivity contribution in [3.63, 3.8) is 0 Å². The fraction of sp³-hybridized carbons (Fsp3) is 0.500. The van der Waals surface area contributed by atoms with Gasteiger partial charge in [0.25, 0.3) is 0 Å². The number of carbonyl (C=O) groups is 2. The van der Waals surface area contributed by atoms with Crippen LogP contribution in [-0.2, 0) is 22.6 Å². The largest absolute Gasteiger partial charge is 0.481 e. The molecule has 2 N–H and O–H groups in total. The Hall–Kier alpha value is -2.14. The van der Waals surface area contributed by atoms with Crippen LogP contribution in [0.2, 0.25) is 0 Å². The molecular weight excluding hydrogens is 318 g/mol. The third-order valence-electron chi connectivity index (χ3n) is 4.85. The van der Waals surface area contributed by atoms with Gasteiger partial charge in [0.05, 0.1) is 18.4 Å². The Morgan fingerprint density at radius 3 is 2.40 bits per heavy atom. The van der Waals surface area contributed by atoms with Crippen LogP contribution in [-0.4, -0.2) is 40.1 Å². The lowest BCUT2D eigenvalue weighted by Gasteiger charge is -2.39. The fourth-order valence-electron chi connectivity index (χ4n) is 3.22. The van der Waals surface area contributed by atoms with E-state index in [1.54, 1.807) is 17.0 Å². The Labute approximate surface area is 149 Å². The lowest BCUT2D eigenvalue weighted by molar-refractivity contribution is -0.154. The minimum Gasteiger partial charge on any atom is -0.481 e. The number of piperidine rings is 1. The first-order chi connectivity index (χ1) is 11.9. The number of allylic oxidation sites excluding steroid dienone is 2. The highest BCUT2D eigenvalue weighted by Crippen LogP contribution is 2.35. The van der Waals surface area contributed by atoms with Gasteiger partial charge in [-0.2, -0.15) is 0 Å². The first-order valence-corrected chi connectivity index (χ1v) is 8.69. The average Bonchev–Trinajstić information content (AvgIpc) is 2.60. The van der Waals surface area contributed by atoms with Gasteiger partial charge in [0.15, 0.2) is 0 Å². The first-order valence-electron chi connectivity index (χ1n) is 8.69. The molecule has 1 fully saturated rings. The van der Waals surface area contributed by atoms with Crippen molar-refractivity contribution in [1.29, 1.82) is 0 Å². The molecule has 1 atom stereocenters. The molecule has 0 aliphatic carbocycles. The number of amides is 1. The van der Waals surface area contributed by atoms with Crippen molar-refractivity contribution < 1.29 is 19.8 Å². The lowest BCUT2D eigenvalue weighted by atomic mass is 9.76. The Kier molecular flexibility index (Phi) is 6.37. The van der Waals surface area contributed by atoms with Gasteiger partial charge in [0.2, 0.25) is 5.91 Å². The highest BCUT2D eigenvalue weighted by atomic mass is 16.4. The molecule has 0 radical (unpaired) electrons. The van der Waals surface area contributed by atoms with Crippen LogP contribution < -0.4 is 0 Å². The summed E-state index contributed by atoms with van der Waals surface area (Å²) in [6.45, 7) is 4.76. The first kappa shape index (κ1) is 19.2. The number of aliphatic hydroxyl groups excluding tert-OH is 1. The molecule has 136 valence electrons. The maximum absolute atomic E-state index is 12.6. The molecule has 2 rings (SSSR count). The molecule has 0 unspecified atom stereocenters. The topological polar surface area (TPSA) is 77.8 Å². The van der Waals surface area contributed by atoms with E-state index < -0.39 is 11.4 Å². The van der Waals surface area contributed by atoms with Crippen molar-refractivity contribution in [2.24, 2.45) is 5.41 Å². The van der Waals surface area contributed by atoms with E-state index in [4.69, 9.17) is 5.11 Å². The van der Waals surface area contributed by atoms with Gasteiger partial charge in [-0.1, -0.05) is 35.9 Å². The number of carbonyl (C=O) groups excluding carboxylic acids is 1. The monoisotopic (exact) mass is 345 g/mol. The normalized spacial score (nSPS) is 20.2. The van der Waals surface area contributed by atoms with Gasteiger partial charge in [-0.25, -0.2) is 0 Å². The SMILES string of the molecule is CC(C)=CC[C@]1(C(=O)O)CCCN(C(=O)Cc2ccc(CO)cc2)C1. The van der Waals surface area contributed by atoms with Gasteiger partial charge in [0.1, 0.15) is 0 Å². The standard InChI is InChI=1S/C20H27NO4/c1-15(2)8-10-20(19(24)25)9-3-11-21(14-20)18(23)12-16-4-6-17(13-22)7-5-16/h4-8,22H,3,9-14H2,1-2H3,(H,24,25)/t20-/m1/s1. The lowest BCUT2D eigenvalue weighted by Crippen LogP contribution is -2.50. The van der Waals surface area contributed by atoms with E-state index in [0.29, 0.717) is 25.8 Å². The molecule has 0 saturated carbocycles. The zero-order chi connectivity index (χ0) is 18.4. The molecule has 5 heteroatoms. The Balaban J connectivity index is 2.08. The third kappa shape index (κ3) is 4.92. The van der Waals surface area contributed by atoms with Crippen molar-refractivity contribution in [3.8, 4) is 0 Å². The van der Waals surface area contributed by atoms with Crippen molar-refractivity contribution in [2.75, 3.05) is 13.1 Å². The van der Waals surface area contributed by atoms with E-state index in [1.807, 2.05) is 32.1 Å². The maximum atomic E-state index is 12.6. The van der Waals surface area contributed by atoms with Gasteiger partial charge in [-0.15, -0.1) is 0 Å². The second kappa shape index (κ2) is 8.30. The van der Waals surface area contributed by atoms with Crippen molar-refractivity contribution in [2.45, 2.75) is 46.1 Å². The Morgan fingerprint density at radius 2 is 1.84 bits per heavy atom. The van der Waals surface area contributed by atoms with Gasteiger partial charge in [0, 0.05) is 13.1 Å². The molecule has 0 spiro atoms. The molecule has 1 aromatic carbocycles. The third-order valence-corrected chi connectivity index (χ3v) is 4.85. The minimum atomic E-state index is -0.883. The van der Waals surface area contributed by atoms with Crippen LogP contribution in [0.1, 0.15) is 44.2 Å². The van der Waals surface area contributed by atoms with Crippen LogP contribution in [0, 0.1) is 5.41 Å². The zero-order valence-electron chi connectivity index (χ0n) is 15.0. The number of rotatable bonds is 6. The molecule has 1 aromatic rings. The van der Waals surface area contributed by atoms with Gasteiger partial charge in [-0.3, -0.25) is 9.59 Å². The summed E-state index contributed by atoms with van der Waals surface area (Å²) >= 11 is 0. The molecule has 1 aliphatic rings. The predicted octanol–water partition coefficient (Wildman–Crippen LogP) is 2.77. The van der Waals surface area contributed by atoms with E-state index in [9.17, 15) is 14.7 Å². The molecule has 1 aliphatic heterocycles. The van der Waals surface area contributed by atoms with Crippen molar-refractivity contribution >= 4 is 11.9 Å². The number of likely N-dealkylation sites (tertiary alicyclic amines) is 1. The molecule has 0 bridgehead atoms. The summed E-state index contributed by atoms with van der Waals surface area (Å²) in [6, 6.07) is 7.27. The van der Waals surface area contributed by atoms with Gasteiger partial charge < -0.3 is 15.1 Å². The average molecular weight is 345 g/mol. The summed E-state index contributed by atoms with van der Waals surface area (Å²) < 4.78 is 0. The van der Waals surface area contributed by atoms with E-state index in [1.165, 1.54) is 0 Å². The van der Waals surface area contributed by atoms with E-state index in [0.717, 1.165) is 16.7 Å². The number of carboxylic acids is 1. The molecule has 1 heterocycles. The quantitative estimate of drug-likeness (QED) is 0.777. The Morgan fingerprint density at radius 1 is 1.20 bits per heavy atom. The number of aliphatic carboxylic acids is 1. The summed E-state index contributed by atoms with van der Waals surface area (Å²) in [7, 11) is 0. The van der Waals surface area contributed by atoms with E-state index in [-0.39, 0.29) is 25.5 Å². The van der Waals surface area contributed by atoms with Gasteiger partial charge >= 0.3 is 5.97 Å². The predicted molar refractivity (Wildman–Crippen MR) is 96.0 cm³/mol. The number of carboxylic acid groups (broad SMARTS) is 1. The van der Waals surface area contributed by atoms with Crippen LogP contribution in [0.15, 0.2) is 35.9 Å². The number of hydrogen-bond donors (Lipinski definition) is 2. The molecule has 25 heavy (non-hydrogen) atoms. The summed E-state index contributed by atoms with van der Waals surface area (Å²) in [5, 5.41) is 18.8. The molecule has 5 nitrogen and oxygen atoms in total. The number of hydrogen-bond acceptors (Lipinski definition) is 3. The number of nitrogens with zero attached hydrogens (tertiary/aromatic N) is 1. The second-order valence-electron chi connectivity index (χ2n) is 7.14. The molecular formula is C20H27NO4. The fourth-order valence-corrected chi connectivity index (χ4v) is 3.22. The van der Waals surface area contributed by atoms with Crippen LogP contribution in [0.3, 0.4) is 0 Å². The van der Waals surface area contributed by atoms with Crippen molar-refractivity contribution in [3.05, 3.63) is 47.0 Å². The van der Waals surface area contributed by atoms with Crippen LogP contribution >= 0.6 is 0 Å². The number of aliphatic hydroxyl groups is 1. The summed E-state index contributed by atoms with van der Waals surface area (Å²) in [5.74, 6) is -0.867. The van der Waals surface area contributed by atoms with Crippen molar-refractivity contribution in [1.82, 2.24) is 4.90 Å². The molecule has 1 saturated heterocycles. The van der Waals surface area contributed by atoms with E-state index >= 15 is 0 Å². The van der Waals surface area contributed by atoms with Crippen LogP contribution in [0.4, 0.5) is 0 Å². The van der Waals surface area contributed by atoms with E-state index in [2.05, 4.69) is 0 Å². The smallest absolute Gasteiger partial charge is 0.311 e. The summed E-state index contributed by atoms with van der Waals surface area (Å²) in [6.07, 6.45) is 3.97. The minimum absolute atomic E-state index is 0.0220. The number of benzene rings is 1. The second-order valence-corrected chi connectivity index (χ2v) is 7.14. The van der Waals surface area contributed by atoms with Crippen LogP contribution in [0.5, 0.6) is 0 Å². The van der Waals surface area contributed by atoms with Crippen LogP contribution in [0.25, 0.3) is 0 Å². The highest BCUT2D eigenvalue weighted by Gasteiger charge is 2.42. The highest BCUT2D eigenvalue weighted by molar-refractivity contribution is 5.81. The Bertz CT molecular complexity index is 646. The zero-order valence-corrected chi connectivity index (χ0v) is 15.0. The summed E-state index contributed by atoms with van der Waals surface area (Å²) in [4.78, 5) is 26.2. The molecule has 0 aromatic heterocycles. The van der Waals surface area contributed by atoms with Gasteiger partial charge in [-0.05, 0) is 44.2 Å². The molecule has 1 amide bonds. The summed E-state index contributed by atoms with van der Waals surface area (Å²) in [5.41, 5.74) is 1.89.